The fourth-order valence-electron chi connectivity index (χ4n) is 1.22. The quantitative estimate of drug-likeness (QED) is 0.452. The van der Waals surface area contributed by atoms with Crippen molar-refractivity contribution in [3.63, 3.8) is 0 Å². The number of aromatic nitrogens is 2. The Kier molecular flexibility index (Phi) is 4.79. The predicted molar refractivity (Wildman–Crippen MR) is 53.4 cm³/mol. The molecule has 4 N–H and O–H groups in total. The molecule has 0 amide bonds. The second-order valence-corrected chi connectivity index (χ2v) is 3.20. The minimum absolute atomic E-state index is 0.0589. The smallest absolute Gasteiger partial charge is 0.321 e. The Morgan fingerprint density at radius 1 is 1.67 bits per heavy atom. The van der Waals surface area contributed by atoms with Gasteiger partial charge >= 0.3 is 5.97 Å². The Bertz CT molecular complexity index is 287. The van der Waals surface area contributed by atoms with Gasteiger partial charge in [0.05, 0.1) is 6.33 Å². The fourth-order valence-corrected chi connectivity index (χ4v) is 1.22. The van der Waals surface area contributed by atoms with E-state index in [1.807, 2.05) is 0 Å². The van der Waals surface area contributed by atoms with Crippen LogP contribution in [0.5, 0.6) is 0 Å². The SMILES string of the molecule is O=C(O)C(Cc1cnc[nH]1)NCCCO. The molecule has 0 bridgehead atoms. The monoisotopic (exact) mass is 213 g/mol. The van der Waals surface area contributed by atoms with Gasteiger partial charge in [-0.3, -0.25) is 4.79 Å². The highest BCUT2D eigenvalue weighted by molar-refractivity contribution is 5.73. The van der Waals surface area contributed by atoms with Crippen molar-refractivity contribution in [3.8, 4) is 0 Å². The first-order chi connectivity index (χ1) is 7.24. The number of rotatable bonds is 7. The van der Waals surface area contributed by atoms with Gasteiger partial charge in [0.25, 0.3) is 0 Å². The van der Waals surface area contributed by atoms with Crippen molar-refractivity contribution in [2.45, 2.75) is 18.9 Å². The van der Waals surface area contributed by atoms with Crippen LogP contribution in [0.25, 0.3) is 0 Å². The molecule has 0 fully saturated rings. The molecule has 0 aliphatic carbocycles. The van der Waals surface area contributed by atoms with Crippen LogP contribution in [0.2, 0.25) is 0 Å². The normalized spacial score (nSPS) is 12.6. The molecule has 1 unspecified atom stereocenters. The zero-order valence-electron chi connectivity index (χ0n) is 8.31. The van der Waals surface area contributed by atoms with E-state index in [1.54, 1.807) is 6.20 Å². The van der Waals surface area contributed by atoms with Gasteiger partial charge in [0, 0.05) is 24.9 Å². The molecule has 0 aliphatic heterocycles. The first kappa shape index (κ1) is 11.7. The maximum Gasteiger partial charge on any atom is 0.321 e. The summed E-state index contributed by atoms with van der Waals surface area (Å²) in [6.07, 6.45) is 4.03. The van der Waals surface area contributed by atoms with E-state index in [9.17, 15) is 4.79 Å². The number of imidazole rings is 1. The van der Waals surface area contributed by atoms with Crippen LogP contribution in [0.15, 0.2) is 12.5 Å². The first-order valence-corrected chi connectivity index (χ1v) is 4.78. The number of nitrogens with one attached hydrogen (secondary N) is 2. The van der Waals surface area contributed by atoms with E-state index in [2.05, 4.69) is 15.3 Å². The van der Waals surface area contributed by atoms with Crippen molar-refractivity contribution in [1.29, 1.82) is 0 Å². The number of hydrogen-bond acceptors (Lipinski definition) is 4. The highest BCUT2D eigenvalue weighted by Gasteiger charge is 2.17. The van der Waals surface area contributed by atoms with Gasteiger partial charge in [-0.1, -0.05) is 0 Å². The van der Waals surface area contributed by atoms with Gasteiger partial charge in [-0.05, 0) is 13.0 Å². The minimum Gasteiger partial charge on any atom is -0.480 e. The third-order valence-corrected chi connectivity index (χ3v) is 2.00. The number of aliphatic hydroxyl groups excluding tert-OH is 1. The molecule has 0 radical (unpaired) electrons. The lowest BCUT2D eigenvalue weighted by molar-refractivity contribution is -0.139. The van der Waals surface area contributed by atoms with Crippen molar-refractivity contribution in [1.82, 2.24) is 15.3 Å². The van der Waals surface area contributed by atoms with Crippen molar-refractivity contribution in [3.05, 3.63) is 18.2 Å². The van der Waals surface area contributed by atoms with E-state index in [4.69, 9.17) is 10.2 Å². The van der Waals surface area contributed by atoms with E-state index in [0.717, 1.165) is 5.69 Å². The molecule has 0 saturated carbocycles. The molecular formula is C9H15N3O3. The van der Waals surface area contributed by atoms with Gasteiger partial charge in [-0.25, -0.2) is 4.98 Å². The van der Waals surface area contributed by atoms with E-state index in [0.29, 0.717) is 19.4 Å². The molecule has 1 atom stereocenters. The molecule has 6 nitrogen and oxygen atoms in total. The van der Waals surface area contributed by atoms with Crippen LogP contribution in [0, 0.1) is 0 Å². The second-order valence-electron chi connectivity index (χ2n) is 3.20. The Labute approximate surface area is 87.3 Å². The summed E-state index contributed by atoms with van der Waals surface area (Å²) in [6, 6.07) is -0.642. The van der Waals surface area contributed by atoms with Crippen LogP contribution in [0.3, 0.4) is 0 Å². The third-order valence-electron chi connectivity index (χ3n) is 2.00. The van der Waals surface area contributed by atoms with E-state index in [-0.39, 0.29) is 6.61 Å². The van der Waals surface area contributed by atoms with Crippen LogP contribution in [-0.2, 0) is 11.2 Å². The Morgan fingerprint density at radius 2 is 2.47 bits per heavy atom. The fraction of sp³-hybridized carbons (Fsp3) is 0.556. The summed E-state index contributed by atoms with van der Waals surface area (Å²) in [7, 11) is 0. The number of carboxylic acid groups (broad SMARTS) is 1. The van der Waals surface area contributed by atoms with Crippen molar-refractivity contribution in [2.75, 3.05) is 13.2 Å². The van der Waals surface area contributed by atoms with E-state index < -0.39 is 12.0 Å². The molecule has 1 rings (SSSR count). The van der Waals surface area contributed by atoms with Crippen molar-refractivity contribution >= 4 is 5.97 Å². The number of aliphatic carboxylic acids is 1. The van der Waals surface area contributed by atoms with Crippen molar-refractivity contribution in [2.24, 2.45) is 0 Å². The topological polar surface area (TPSA) is 98.2 Å². The van der Waals surface area contributed by atoms with E-state index >= 15 is 0 Å². The summed E-state index contributed by atoms with van der Waals surface area (Å²) in [5, 5.41) is 20.3. The number of H-pyrrole nitrogens is 1. The van der Waals surface area contributed by atoms with Crippen LogP contribution >= 0.6 is 0 Å². The Balaban J connectivity index is 2.40. The Morgan fingerprint density at radius 3 is 3.00 bits per heavy atom. The molecule has 0 aliphatic rings. The minimum atomic E-state index is -0.900. The van der Waals surface area contributed by atoms with Gasteiger partial charge < -0.3 is 20.5 Å². The largest absolute Gasteiger partial charge is 0.480 e. The molecule has 6 heteroatoms. The zero-order chi connectivity index (χ0) is 11.1. The van der Waals surface area contributed by atoms with Gasteiger partial charge in [0.15, 0.2) is 0 Å². The number of nitrogens with zero attached hydrogens (tertiary/aromatic N) is 1. The number of carbonyl (C=O) groups is 1. The van der Waals surface area contributed by atoms with Gasteiger partial charge in [0.2, 0.25) is 0 Å². The highest BCUT2D eigenvalue weighted by Crippen LogP contribution is 1.98. The van der Waals surface area contributed by atoms with Gasteiger partial charge in [-0.2, -0.15) is 0 Å². The van der Waals surface area contributed by atoms with Crippen LogP contribution in [0.1, 0.15) is 12.1 Å². The molecule has 0 saturated heterocycles. The van der Waals surface area contributed by atoms with Gasteiger partial charge in [-0.15, -0.1) is 0 Å². The third kappa shape index (κ3) is 4.09. The standard InChI is InChI=1S/C9H15N3O3/c13-3-1-2-11-8(9(14)15)4-7-5-10-6-12-7/h5-6,8,11,13H,1-4H2,(H,10,12)(H,14,15). The molecular weight excluding hydrogens is 198 g/mol. The lowest BCUT2D eigenvalue weighted by Crippen LogP contribution is -2.39. The lowest BCUT2D eigenvalue weighted by Gasteiger charge is -2.12. The highest BCUT2D eigenvalue weighted by atomic mass is 16.4. The van der Waals surface area contributed by atoms with Crippen LogP contribution in [-0.4, -0.2) is 45.3 Å². The van der Waals surface area contributed by atoms with Crippen molar-refractivity contribution < 1.29 is 15.0 Å². The molecule has 0 spiro atoms. The average Bonchev–Trinajstić information content (AvgIpc) is 2.69. The molecule has 15 heavy (non-hydrogen) atoms. The molecule has 1 aromatic rings. The molecule has 1 heterocycles. The number of hydrogen-bond donors (Lipinski definition) is 4. The van der Waals surface area contributed by atoms with E-state index in [1.165, 1.54) is 6.33 Å². The second kappa shape index (κ2) is 6.15. The molecule has 1 aromatic heterocycles. The summed E-state index contributed by atoms with van der Waals surface area (Å²) in [5.41, 5.74) is 0.777. The number of carboxylic acids is 1. The summed E-state index contributed by atoms with van der Waals surface area (Å²) in [5.74, 6) is -0.900. The summed E-state index contributed by atoms with van der Waals surface area (Å²) < 4.78 is 0. The lowest BCUT2D eigenvalue weighted by atomic mass is 10.1. The van der Waals surface area contributed by atoms with Gasteiger partial charge in [0.1, 0.15) is 6.04 Å². The summed E-state index contributed by atoms with van der Waals surface area (Å²) in [6.45, 7) is 0.547. The number of aromatic amines is 1. The predicted octanol–water partition coefficient (Wildman–Crippen LogP) is -0.623. The molecule has 84 valence electrons. The Hall–Kier alpha value is -1.40. The van der Waals surface area contributed by atoms with Crippen LogP contribution < -0.4 is 5.32 Å². The maximum absolute atomic E-state index is 10.9. The first-order valence-electron chi connectivity index (χ1n) is 4.78. The van der Waals surface area contributed by atoms with Crippen LogP contribution in [0.4, 0.5) is 0 Å². The summed E-state index contributed by atoms with van der Waals surface area (Å²) >= 11 is 0. The maximum atomic E-state index is 10.9. The molecule has 0 aromatic carbocycles. The summed E-state index contributed by atoms with van der Waals surface area (Å²) in [4.78, 5) is 17.5. The zero-order valence-corrected chi connectivity index (χ0v) is 8.31. The average molecular weight is 213 g/mol. The number of aliphatic hydroxyl groups is 1.